The van der Waals surface area contributed by atoms with E-state index in [1.807, 2.05) is 67.8 Å². The maximum absolute atomic E-state index is 12.8. The van der Waals surface area contributed by atoms with E-state index < -0.39 is 16.1 Å². The van der Waals surface area contributed by atoms with Crippen LogP contribution in [0.25, 0.3) is 0 Å². The number of rotatable bonds is 3. The molecule has 2 saturated carbocycles. The lowest BCUT2D eigenvalue weighted by Gasteiger charge is -2.23. The first-order valence-corrected chi connectivity index (χ1v) is 12.9. The van der Waals surface area contributed by atoms with E-state index in [2.05, 4.69) is 22.6 Å². The Bertz CT molecular complexity index is 823. The molecule has 0 amide bonds. The number of hydrogen-bond acceptors (Lipinski definition) is 4. The summed E-state index contributed by atoms with van der Waals surface area (Å²) in [5.41, 5.74) is -0.0462. The molecule has 10 heteroatoms. The lowest BCUT2D eigenvalue weighted by molar-refractivity contribution is 0.0152. The van der Waals surface area contributed by atoms with Crippen LogP contribution in [-0.4, -0.2) is 25.0 Å². The number of hydrogen-bond donors (Lipinski definition) is 1. The van der Waals surface area contributed by atoms with Gasteiger partial charge in [0.15, 0.2) is 0 Å². The van der Waals surface area contributed by atoms with Crippen LogP contribution in [0.5, 0.6) is 0 Å². The van der Waals surface area contributed by atoms with Crippen molar-refractivity contribution in [3.63, 3.8) is 0 Å². The second-order valence-electron chi connectivity index (χ2n) is 6.05. The van der Waals surface area contributed by atoms with Gasteiger partial charge in [0, 0.05) is 14.3 Å². The van der Waals surface area contributed by atoms with Crippen LogP contribution in [0.4, 0.5) is 0 Å². The van der Waals surface area contributed by atoms with Crippen molar-refractivity contribution in [2.75, 3.05) is 0 Å². The molecule has 1 aromatic rings. The Labute approximate surface area is 194 Å². The molecule has 2 bridgehead atoms. The molecule has 0 saturated heterocycles. The summed E-state index contributed by atoms with van der Waals surface area (Å²) >= 11 is 7.89. The molecule has 132 valence electrons. The highest BCUT2D eigenvalue weighted by Gasteiger charge is 2.42. The molecular formula is C14H12I4O5S. The maximum atomic E-state index is 12.8. The lowest BCUT2D eigenvalue weighted by atomic mass is 9.98. The van der Waals surface area contributed by atoms with Crippen molar-refractivity contribution >= 4 is 106 Å². The summed E-state index contributed by atoms with van der Waals surface area (Å²) in [6, 6.07) is 0. The van der Waals surface area contributed by atoms with Crippen LogP contribution in [0.2, 0.25) is 0 Å². The molecule has 2 fully saturated rings. The summed E-state index contributed by atoms with van der Waals surface area (Å²) in [6.45, 7) is 0. The molecule has 1 aromatic carbocycles. The Kier molecular flexibility index (Phi) is 6.33. The summed E-state index contributed by atoms with van der Waals surface area (Å²) in [5.74, 6) is 0.342. The zero-order valence-electron chi connectivity index (χ0n) is 12.1. The van der Waals surface area contributed by atoms with Crippen LogP contribution >= 0.6 is 90.4 Å². The molecule has 24 heavy (non-hydrogen) atoms. The summed E-state index contributed by atoms with van der Waals surface area (Å²) < 4.78 is 41.4. The average Bonchev–Trinajstić information content (AvgIpc) is 3.09. The lowest BCUT2D eigenvalue weighted by Crippen LogP contribution is -2.26. The van der Waals surface area contributed by atoms with E-state index in [0.29, 0.717) is 22.5 Å². The van der Waals surface area contributed by atoms with Crippen molar-refractivity contribution in [1.29, 1.82) is 0 Å². The smallest absolute Gasteiger partial charge is 0.341 e. The van der Waals surface area contributed by atoms with E-state index in [4.69, 9.17) is 4.74 Å². The second-order valence-corrected chi connectivity index (χ2v) is 11.7. The number of benzene rings is 1. The number of esters is 1. The number of ether oxygens (including phenoxy) is 1. The average molecular weight is 800 g/mol. The van der Waals surface area contributed by atoms with Gasteiger partial charge in [-0.15, -0.1) is 0 Å². The summed E-state index contributed by atoms with van der Waals surface area (Å²) in [7, 11) is -4.54. The number of carbonyl (C=O) groups excluding carboxylic acids is 1. The van der Waals surface area contributed by atoms with Gasteiger partial charge in [-0.3, -0.25) is 4.55 Å². The highest BCUT2D eigenvalue weighted by atomic mass is 127. The SMILES string of the molecule is O=C(OC1CC2CCC1C2)c1c(I)c(I)c(I)c(I)c1S(=O)(=O)O. The maximum Gasteiger partial charge on any atom is 0.341 e. The molecule has 0 spiro atoms. The first-order valence-electron chi connectivity index (χ1n) is 7.15. The van der Waals surface area contributed by atoms with E-state index in [-0.39, 0.29) is 16.6 Å². The van der Waals surface area contributed by atoms with Crippen molar-refractivity contribution in [2.24, 2.45) is 11.8 Å². The van der Waals surface area contributed by atoms with Crippen molar-refractivity contribution in [3.8, 4) is 0 Å². The Morgan fingerprint density at radius 2 is 1.62 bits per heavy atom. The fraction of sp³-hybridized carbons (Fsp3) is 0.500. The minimum Gasteiger partial charge on any atom is -0.458 e. The zero-order chi connectivity index (χ0) is 17.8. The molecule has 3 rings (SSSR count). The first kappa shape index (κ1) is 20.3. The summed E-state index contributed by atoms with van der Waals surface area (Å²) in [5, 5.41) is 0. The predicted molar refractivity (Wildman–Crippen MR) is 122 cm³/mol. The third-order valence-electron chi connectivity index (χ3n) is 4.62. The molecule has 1 N–H and O–H groups in total. The zero-order valence-corrected chi connectivity index (χ0v) is 21.5. The molecule has 2 aliphatic carbocycles. The van der Waals surface area contributed by atoms with E-state index >= 15 is 0 Å². The molecule has 0 aromatic heterocycles. The molecule has 3 unspecified atom stereocenters. The monoisotopic (exact) mass is 800 g/mol. The van der Waals surface area contributed by atoms with E-state index in [9.17, 15) is 17.8 Å². The van der Waals surface area contributed by atoms with Crippen LogP contribution in [0.15, 0.2) is 4.90 Å². The topological polar surface area (TPSA) is 80.7 Å². The molecule has 5 nitrogen and oxygen atoms in total. The minimum absolute atomic E-state index is 0.0462. The van der Waals surface area contributed by atoms with Gasteiger partial charge in [-0.05, 0) is 128 Å². The van der Waals surface area contributed by atoms with Gasteiger partial charge in [-0.2, -0.15) is 8.42 Å². The van der Waals surface area contributed by atoms with Crippen LogP contribution in [0.1, 0.15) is 36.0 Å². The quantitative estimate of drug-likeness (QED) is 0.158. The highest BCUT2D eigenvalue weighted by molar-refractivity contribution is 14.1. The molecular weight excluding hydrogens is 788 g/mol. The molecule has 2 aliphatic rings. The van der Waals surface area contributed by atoms with Gasteiger partial charge >= 0.3 is 5.97 Å². The Morgan fingerprint density at radius 3 is 2.12 bits per heavy atom. The van der Waals surface area contributed by atoms with Gasteiger partial charge in [0.2, 0.25) is 0 Å². The van der Waals surface area contributed by atoms with E-state index in [1.165, 1.54) is 6.42 Å². The van der Waals surface area contributed by atoms with Gasteiger partial charge in [-0.25, -0.2) is 4.79 Å². The molecule has 0 aliphatic heterocycles. The van der Waals surface area contributed by atoms with Gasteiger partial charge in [-0.1, -0.05) is 0 Å². The largest absolute Gasteiger partial charge is 0.458 e. The molecule has 3 atom stereocenters. The molecule has 0 heterocycles. The van der Waals surface area contributed by atoms with Crippen LogP contribution in [0.3, 0.4) is 0 Å². The molecule has 0 radical (unpaired) electrons. The van der Waals surface area contributed by atoms with Crippen molar-refractivity contribution in [2.45, 2.75) is 36.7 Å². The predicted octanol–water partition coefficient (Wildman–Crippen LogP) is 4.70. The summed E-state index contributed by atoms with van der Waals surface area (Å²) in [4.78, 5) is 12.4. The standard InChI is InChI=1S/C14H12I4O5S/c15-9-8(13(24(20,21)22)12(18)11(17)10(9)16)14(19)23-7-4-5-1-2-6(7)3-5/h5-7H,1-4H2,(H,20,21,22). The van der Waals surface area contributed by atoms with E-state index in [0.717, 1.165) is 22.8 Å². The first-order chi connectivity index (χ1) is 11.1. The van der Waals surface area contributed by atoms with E-state index in [1.54, 1.807) is 0 Å². The number of halogens is 4. The van der Waals surface area contributed by atoms with Crippen molar-refractivity contribution in [1.82, 2.24) is 0 Å². The Balaban J connectivity index is 2.04. The summed E-state index contributed by atoms with van der Waals surface area (Å²) in [6.07, 6.45) is 4.04. The van der Waals surface area contributed by atoms with Gasteiger partial charge in [0.05, 0.1) is 5.56 Å². The van der Waals surface area contributed by atoms with Gasteiger partial charge < -0.3 is 4.74 Å². The van der Waals surface area contributed by atoms with Gasteiger partial charge in [0.25, 0.3) is 10.1 Å². The second kappa shape index (κ2) is 7.50. The fourth-order valence-electron chi connectivity index (χ4n) is 3.56. The minimum atomic E-state index is -4.54. The Morgan fingerprint density at radius 1 is 1.00 bits per heavy atom. The fourth-order valence-corrected chi connectivity index (χ4v) is 8.95. The third kappa shape index (κ3) is 3.73. The van der Waals surface area contributed by atoms with Crippen LogP contribution < -0.4 is 0 Å². The number of fused-ring (bicyclic) bond motifs is 2. The van der Waals surface area contributed by atoms with Crippen LogP contribution in [-0.2, 0) is 14.9 Å². The van der Waals surface area contributed by atoms with Crippen molar-refractivity contribution < 1.29 is 22.5 Å². The van der Waals surface area contributed by atoms with Crippen molar-refractivity contribution in [3.05, 3.63) is 19.8 Å². The van der Waals surface area contributed by atoms with Gasteiger partial charge in [0.1, 0.15) is 11.0 Å². The normalized spacial score (nSPS) is 26.0. The number of carbonyl (C=O) groups is 1. The highest BCUT2D eigenvalue weighted by Crippen LogP contribution is 2.46. The Hall–Kier alpha value is 1.52. The third-order valence-corrected chi connectivity index (χ3v) is 13.3. The van der Waals surface area contributed by atoms with Crippen LogP contribution in [0, 0.1) is 26.1 Å².